The average molecular weight is 448 g/mol. The fraction of sp³-hybridized carbons (Fsp3) is 0.379. The largest absolute Gasteiger partial charge is 0.427 e. The molecule has 4 heteroatoms. The summed E-state index contributed by atoms with van der Waals surface area (Å²) in [5.41, 5.74) is 5.83. The van der Waals surface area contributed by atoms with Crippen molar-refractivity contribution in [2.75, 3.05) is 5.32 Å². The van der Waals surface area contributed by atoms with E-state index in [4.69, 9.17) is 4.74 Å². The molecule has 0 heterocycles. The van der Waals surface area contributed by atoms with Gasteiger partial charge in [-0.3, -0.25) is 9.59 Å². The standard InChI is InChI=1S/C29H37NO3/c1-7-28(32)33-25-16-14-24(15-17-25)30-27(31)20-22(3)11-8-10-21(2)13-18-26-23(4)12-9-19-29(26,5)6/h8,10-11,13-18,20H,7,9,12,19H2,1-6H3,(H,30,31)/b11-8+,18-13+,21-10+,22-20-. The van der Waals surface area contributed by atoms with Gasteiger partial charge in [0.05, 0.1) is 0 Å². The Hall–Kier alpha value is -3.14. The Kier molecular flexibility index (Phi) is 9.65. The van der Waals surface area contributed by atoms with Gasteiger partial charge in [0.2, 0.25) is 5.91 Å². The van der Waals surface area contributed by atoms with Crippen LogP contribution in [0.1, 0.15) is 67.2 Å². The molecule has 33 heavy (non-hydrogen) atoms. The number of amides is 1. The van der Waals surface area contributed by atoms with Crippen molar-refractivity contribution in [3.63, 3.8) is 0 Å². The molecule has 176 valence electrons. The highest BCUT2D eigenvalue weighted by atomic mass is 16.5. The number of anilines is 1. The molecule has 1 aliphatic carbocycles. The molecule has 0 radical (unpaired) electrons. The van der Waals surface area contributed by atoms with Crippen molar-refractivity contribution in [1.29, 1.82) is 0 Å². The molecular formula is C29H37NO3. The number of ether oxygens (including phenoxy) is 1. The monoisotopic (exact) mass is 447 g/mol. The van der Waals surface area contributed by atoms with Crippen LogP contribution in [0.2, 0.25) is 0 Å². The van der Waals surface area contributed by atoms with E-state index in [1.807, 2.05) is 25.2 Å². The summed E-state index contributed by atoms with van der Waals surface area (Å²) in [6, 6.07) is 6.73. The van der Waals surface area contributed by atoms with Crippen LogP contribution < -0.4 is 10.1 Å². The molecule has 1 aliphatic rings. The Morgan fingerprint density at radius 2 is 1.79 bits per heavy atom. The van der Waals surface area contributed by atoms with Gasteiger partial charge in [0.15, 0.2) is 0 Å². The van der Waals surface area contributed by atoms with Crippen molar-refractivity contribution >= 4 is 17.6 Å². The van der Waals surface area contributed by atoms with Gasteiger partial charge >= 0.3 is 5.97 Å². The summed E-state index contributed by atoms with van der Waals surface area (Å²) in [7, 11) is 0. The van der Waals surface area contributed by atoms with Crippen molar-refractivity contribution in [3.05, 3.63) is 83.0 Å². The molecule has 0 fully saturated rings. The lowest BCUT2D eigenvalue weighted by Gasteiger charge is -2.32. The van der Waals surface area contributed by atoms with Crippen molar-refractivity contribution in [1.82, 2.24) is 0 Å². The minimum atomic E-state index is -0.290. The number of nitrogens with one attached hydrogen (secondary N) is 1. The number of hydrogen-bond acceptors (Lipinski definition) is 3. The number of carbonyl (C=O) groups excluding carboxylic acids is 2. The molecular weight excluding hydrogens is 410 g/mol. The minimum absolute atomic E-state index is 0.210. The highest BCUT2D eigenvalue weighted by Gasteiger charge is 2.26. The quantitative estimate of drug-likeness (QED) is 0.195. The number of allylic oxidation sites excluding steroid dienone is 9. The molecule has 0 spiro atoms. The van der Waals surface area contributed by atoms with Gasteiger partial charge < -0.3 is 10.1 Å². The topological polar surface area (TPSA) is 55.4 Å². The van der Waals surface area contributed by atoms with E-state index in [0.717, 1.165) is 11.1 Å². The second kappa shape index (κ2) is 12.2. The summed E-state index contributed by atoms with van der Waals surface area (Å²) in [5.74, 6) is -0.0378. The zero-order valence-corrected chi connectivity index (χ0v) is 20.8. The molecule has 0 saturated heterocycles. The molecule has 4 nitrogen and oxygen atoms in total. The lowest BCUT2D eigenvalue weighted by atomic mass is 9.72. The summed E-state index contributed by atoms with van der Waals surface area (Å²) in [6.45, 7) is 12.6. The van der Waals surface area contributed by atoms with Gasteiger partial charge in [-0.05, 0) is 80.9 Å². The highest BCUT2D eigenvalue weighted by molar-refractivity contribution is 6.00. The van der Waals surface area contributed by atoms with Gasteiger partial charge in [0.25, 0.3) is 0 Å². The van der Waals surface area contributed by atoms with Crippen LogP contribution in [0.3, 0.4) is 0 Å². The Labute approximate surface area is 198 Å². The molecule has 0 atom stereocenters. The first-order valence-electron chi connectivity index (χ1n) is 11.6. The zero-order chi connectivity index (χ0) is 24.4. The van der Waals surface area contributed by atoms with Gasteiger partial charge in [0, 0.05) is 18.2 Å². The van der Waals surface area contributed by atoms with Crippen LogP contribution >= 0.6 is 0 Å². The van der Waals surface area contributed by atoms with E-state index >= 15 is 0 Å². The number of hydrogen-bond donors (Lipinski definition) is 1. The summed E-state index contributed by atoms with van der Waals surface area (Å²) >= 11 is 0. The van der Waals surface area contributed by atoms with Crippen molar-refractivity contribution < 1.29 is 14.3 Å². The van der Waals surface area contributed by atoms with E-state index in [1.165, 1.54) is 30.4 Å². The Morgan fingerprint density at radius 3 is 2.42 bits per heavy atom. The summed E-state index contributed by atoms with van der Waals surface area (Å²) in [4.78, 5) is 23.6. The zero-order valence-electron chi connectivity index (χ0n) is 20.8. The maximum Gasteiger partial charge on any atom is 0.310 e. The predicted octanol–water partition coefficient (Wildman–Crippen LogP) is 7.47. The molecule has 0 aromatic heterocycles. The lowest BCUT2D eigenvalue weighted by molar-refractivity contribution is -0.134. The third-order valence-electron chi connectivity index (χ3n) is 5.77. The number of rotatable bonds is 8. The van der Waals surface area contributed by atoms with Gasteiger partial charge in [-0.2, -0.15) is 0 Å². The molecule has 0 bridgehead atoms. The summed E-state index contributed by atoms with van der Waals surface area (Å²) in [6.07, 6.45) is 15.9. The first-order valence-corrected chi connectivity index (χ1v) is 11.6. The molecule has 1 aromatic carbocycles. The van der Waals surface area contributed by atoms with Crippen LogP contribution in [0.4, 0.5) is 5.69 Å². The fourth-order valence-corrected chi connectivity index (χ4v) is 3.88. The molecule has 1 aromatic rings. The second-order valence-corrected chi connectivity index (χ2v) is 9.26. The van der Waals surface area contributed by atoms with E-state index < -0.39 is 0 Å². The molecule has 2 rings (SSSR count). The van der Waals surface area contributed by atoms with Crippen molar-refractivity contribution in [3.8, 4) is 5.75 Å². The highest BCUT2D eigenvalue weighted by Crippen LogP contribution is 2.40. The van der Waals surface area contributed by atoms with E-state index in [0.29, 0.717) is 17.9 Å². The number of carbonyl (C=O) groups is 2. The fourth-order valence-electron chi connectivity index (χ4n) is 3.88. The third-order valence-corrected chi connectivity index (χ3v) is 5.77. The maximum atomic E-state index is 12.3. The van der Waals surface area contributed by atoms with Crippen LogP contribution in [0.15, 0.2) is 83.0 Å². The SMILES string of the molecule is CCC(=O)Oc1ccc(NC(=O)\C=C(C)/C=C/C=C(C)/C=C/C2=C(C)CCCC2(C)C)cc1. The first kappa shape index (κ1) is 26.1. The summed E-state index contributed by atoms with van der Waals surface area (Å²) in [5, 5.41) is 2.81. The van der Waals surface area contributed by atoms with E-state index in [9.17, 15) is 9.59 Å². The van der Waals surface area contributed by atoms with Gasteiger partial charge in [0.1, 0.15) is 5.75 Å². The molecule has 1 N–H and O–H groups in total. The lowest BCUT2D eigenvalue weighted by Crippen LogP contribution is -2.19. The van der Waals surface area contributed by atoms with Crippen LogP contribution in [-0.4, -0.2) is 11.9 Å². The Balaban J connectivity index is 1.92. The average Bonchev–Trinajstić information content (AvgIpc) is 2.74. The normalized spacial score (nSPS) is 17.0. The maximum absolute atomic E-state index is 12.3. The van der Waals surface area contributed by atoms with Gasteiger partial charge in [-0.25, -0.2) is 0 Å². The van der Waals surface area contributed by atoms with Crippen LogP contribution in [0, 0.1) is 5.41 Å². The van der Waals surface area contributed by atoms with Crippen LogP contribution in [0.25, 0.3) is 0 Å². The van der Waals surface area contributed by atoms with E-state index in [2.05, 4.69) is 45.2 Å². The van der Waals surface area contributed by atoms with Crippen molar-refractivity contribution in [2.45, 2.75) is 67.2 Å². The van der Waals surface area contributed by atoms with Crippen molar-refractivity contribution in [2.24, 2.45) is 5.41 Å². The Bertz CT molecular complexity index is 1000. The first-order chi connectivity index (χ1) is 15.6. The molecule has 1 amide bonds. The smallest absolute Gasteiger partial charge is 0.310 e. The Morgan fingerprint density at radius 1 is 1.09 bits per heavy atom. The molecule has 0 unspecified atom stereocenters. The van der Waals surface area contributed by atoms with E-state index in [1.54, 1.807) is 37.3 Å². The van der Waals surface area contributed by atoms with Gasteiger partial charge in [-0.15, -0.1) is 0 Å². The summed E-state index contributed by atoms with van der Waals surface area (Å²) < 4.78 is 5.13. The number of benzene rings is 1. The van der Waals surface area contributed by atoms with Crippen LogP contribution in [-0.2, 0) is 9.59 Å². The molecule has 0 aliphatic heterocycles. The van der Waals surface area contributed by atoms with E-state index in [-0.39, 0.29) is 17.3 Å². The minimum Gasteiger partial charge on any atom is -0.427 e. The second-order valence-electron chi connectivity index (χ2n) is 9.26. The number of esters is 1. The molecule has 0 saturated carbocycles. The van der Waals surface area contributed by atoms with Crippen LogP contribution in [0.5, 0.6) is 5.75 Å². The van der Waals surface area contributed by atoms with Gasteiger partial charge in [-0.1, -0.05) is 62.3 Å². The predicted molar refractivity (Wildman–Crippen MR) is 137 cm³/mol. The third kappa shape index (κ3) is 8.72.